The number of likely N-dealkylation sites (N-methyl/N-ethyl adjacent to an activating group) is 1. The topological polar surface area (TPSA) is 78.9 Å². The lowest BCUT2D eigenvalue weighted by Gasteiger charge is -2.31. The molecular formula is C21H35N3O4S. The Labute approximate surface area is 175 Å². The first kappa shape index (κ1) is 23.6. The van der Waals surface area contributed by atoms with Gasteiger partial charge in [0.1, 0.15) is 0 Å². The Morgan fingerprint density at radius 2 is 1.79 bits per heavy atom. The first-order chi connectivity index (χ1) is 13.9. The van der Waals surface area contributed by atoms with Crippen LogP contribution in [0.4, 0.5) is 4.79 Å². The average Bonchev–Trinajstić information content (AvgIpc) is 2.73. The van der Waals surface area contributed by atoms with Crippen molar-refractivity contribution in [2.75, 3.05) is 39.8 Å². The van der Waals surface area contributed by atoms with Crippen LogP contribution in [0.25, 0.3) is 0 Å². The number of carbonyl (C=O) groups excluding carboxylic acids is 1. The minimum absolute atomic E-state index is 0.287. The summed E-state index contributed by atoms with van der Waals surface area (Å²) in [5, 5.41) is 2.73. The van der Waals surface area contributed by atoms with E-state index in [0.29, 0.717) is 32.2 Å². The van der Waals surface area contributed by atoms with E-state index in [1.54, 1.807) is 24.3 Å². The van der Waals surface area contributed by atoms with Crippen molar-refractivity contribution in [2.24, 2.45) is 5.92 Å². The Balaban J connectivity index is 1.82. The predicted molar refractivity (Wildman–Crippen MR) is 114 cm³/mol. The maximum Gasteiger partial charge on any atom is 0.407 e. The molecule has 1 fully saturated rings. The molecule has 1 aliphatic rings. The lowest BCUT2D eigenvalue weighted by molar-refractivity contribution is 0.122. The van der Waals surface area contributed by atoms with Gasteiger partial charge in [-0.05, 0) is 37.1 Å². The summed E-state index contributed by atoms with van der Waals surface area (Å²) >= 11 is 0. The van der Waals surface area contributed by atoms with Crippen molar-refractivity contribution >= 4 is 16.1 Å². The van der Waals surface area contributed by atoms with Crippen LogP contribution in [-0.2, 0) is 21.3 Å². The number of sulfonamides is 1. The third-order valence-electron chi connectivity index (χ3n) is 5.45. The summed E-state index contributed by atoms with van der Waals surface area (Å²) in [4.78, 5) is 14.3. The fourth-order valence-electron chi connectivity index (χ4n) is 3.27. The highest BCUT2D eigenvalue weighted by molar-refractivity contribution is 7.89. The van der Waals surface area contributed by atoms with Crippen molar-refractivity contribution in [2.45, 2.75) is 51.0 Å². The van der Waals surface area contributed by atoms with Gasteiger partial charge in [0, 0.05) is 32.7 Å². The molecule has 0 bridgehead atoms. The molecule has 1 atom stereocenters. The van der Waals surface area contributed by atoms with Crippen LogP contribution in [-0.4, -0.2) is 63.5 Å². The summed E-state index contributed by atoms with van der Waals surface area (Å²) < 4.78 is 32.3. The number of alkyl carbamates (subject to hydrolysis) is 1. The number of rotatable bonds is 10. The molecule has 29 heavy (non-hydrogen) atoms. The molecule has 0 radical (unpaired) electrons. The largest absolute Gasteiger partial charge is 0.449 e. The highest BCUT2D eigenvalue weighted by Gasteiger charge is 2.27. The quantitative estimate of drug-likeness (QED) is 0.623. The van der Waals surface area contributed by atoms with E-state index in [2.05, 4.69) is 24.1 Å². The van der Waals surface area contributed by atoms with Crippen LogP contribution in [0.15, 0.2) is 29.2 Å². The monoisotopic (exact) mass is 425 g/mol. The van der Waals surface area contributed by atoms with E-state index in [9.17, 15) is 13.2 Å². The van der Waals surface area contributed by atoms with Crippen LogP contribution in [0.5, 0.6) is 0 Å². The second-order valence-electron chi connectivity index (χ2n) is 7.72. The molecule has 8 heteroatoms. The van der Waals surface area contributed by atoms with Crippen LogP contribution in [0, 0.1) is 5.92 Å². The second kappa shape index (κ2) is 11.5. The van der Waals surface area contributed by atoms with Gasteiger partial charge in [0.2, 0.25) is 10.0 Å². The number of unbranched alkanes of at least 4 members (excludes halogenated alkanes) is 1. The average molecular weight is 426 g/mol. The maximum absolute atomic E-state index is 12.7. The van der Waals surface area contributed by atoms with Gasteiger partial charge in [-0.25, -0.2) is 13.2 Å². The molecule has 1 amide bonds. The molecule has 1 unspecified atom stereocenters. The fourth-order valence-corrected chi connectivity index (χ4v) is 4.70. The Morgan fingerprint density at radius 3 is 2.38 bits per heavy atom. The number of ether oxygens (including phenoxy) is 1. The summed E-state index contributed by atoms with van der Waals surface area (Å²) in [6, 6.07) is 6.68. The number of piperazine rings is 1. The van der Waals surface area contributed by atoms with E-state index < -0.39 is 16.1 Å². The molecule has 1 aromatic carbocycles. The zero-order valence-electron chi connectivity index (χ0n) is 17.9. The SMILES string of the molecule is CCCCC(CC)COC(=O)NCc1ccc(S(=O)(=O)N2CCN(C)CC2)cc1. The van der Waals surface area contributed by atoms with E-state index >= 15 is 0 Å². The lowest BCUT2D eigenvalue weighted by atomic mass is 10.0. The maximum atomic E-state index is 12.7. The van der Waals surface area contributed by atoms with E-state index in [0.717, 1.165) is 44.3 Å². The van der Waals surface area contributed by atoms with Gasteiger partial charge in [-0.15, -0.1) is 0 Å². The van der Waals surface area contributed by atoms with Gasteiger partial charge in [-0.2, -0.15) is 4.31 Å². The standard InChI is InChI=1S/C21H35N3O4S/c1-4-6-7-18(5-2)17-28-21(25)22-16-19-8-10-20(11-9-19)29(26,27)24-14-12-23(3)13-15-24/h8-11,18H,4-7,12-17H2,1-3H3,(H,22,25). The summed E-state index contributed by atoms with van der Waals surface area (Å²) in [7, 11) is -1.48. The number of carbonyl (C=O) groups is 1. The van der Waals surface area contributed by atoms with Gasteiger partial charge >= 0.3 is 6.09 Å². The van der Waals surface area contributed by atoms with Gasteiger partial charge in [0.25, 0.3) is 0 Å². The minimum atomic E-state index is -3.47. The first-order valence-corrected chi connectivity index (χ1v) is 12.0. The van der Waals surface area contributed by atoms with Gasteiger partial charge in [-0.1, -0.05) is 45.2 Å². The number of nitrogens with one attached hydrogen (secondary N) is 1. The van der Waals surface area contributed by atoms with Crippen molar-refractivity contribution < 1.29 is 17.9 Å². The van der Waals surface area contributed by atoms with Gasteiger partial charge in [0.05, 0.1) is 11.5 Å². The van der Waals surface area contributed by atoms with E-state index in [1.165, 1.54) is 4.31 Å². The molecule has 1 aromatic rings. The number of benzene rings is 1. The molecule has 0 aromatic heterocycles. The van der Waals surface area contributed by atoms with Crippen LogP contribution < -0.4 is 5.32 Å². The van der Waals surface area contributed by atoms with Crippen molar-refractivity contribution in [1.82, 2.24) is 14.5 Å². The number of hydrogen-bond donors (Lipinski definition) is 1. The van der Waals surface area contributed by atoms with Crippen LogP contribution in [0.2, 0.25) is 0 Å². The molecule has 7 nitrogen and oxygen atoms in total. The predicted octanol–water partition coefficient (Wildman–Crippen LogP) is 3.07. The zero-order valence-corrected chi connectivity index (χ0v) is 18.7. The fraction of sp³-hybridized carbons (Fsp3) is 0.667. The van der Waals surface area contributed by atoms with Crippen molar-refractivity contribution in [3.8, 4) is 0 Å². The number of amides is 1. The van der Waals surface area contributed by atoms with E-state index in [4.69, 9.17) is 4.74 Å². The highest BCUT2D eigenvalue weighted by Crippen LogP contribution is 2.18. The molecule has 1 N–H and O–H groups in total. The molecule has 1 saturated heterocycles. The smallest absolute Gasteiger partial charge is 0.407 e. The van der Waals surface area contributed by atoms with Crippen LogP contribution in [0.1, 0.15) is 45.1 Å². The summed E-state index contributed by atoms with van der Waals surface area (Å²) in [6.07, 6.45) is 3.92. The van der Waals surface area contributed by atoms with E-state index in [1.807, 2.05) is 7.05 Å². The van der Waals surface area contributed by atoms with Crippen LogP contribution in [0.3, 0.4) is 0 Å². The third-order valence-corrected chi connectivity index (χ3v) is 7.37. The van der Waals surface area contributed by atoms with Gasteiger partial charge < -0.3 is 15.0 Å². The second-order valence-corrected chi connectivity index (χ2v) is 9.66. The number of nitrogens with zero attached hydrogens (tertiary/aromatic N) is 2. The highest BCUT2D eigenvalue weighted by atomic mass is 32.2. The Kier molecular flexibility index (Phi) is 9.39. The third kappa shape index (κ3) is 7.28. The molecule has 0 spiro atoms. The summed E-state index contributed by atoms with van der Waals surface area (Å²) in [5.41, 5.74) is 0.831. The minimum Gasteiger partial charge on any atom is -0.449 e. The van der Waals surface area contributed by atoms with Crippen LogP contribution >= 0.6 is 0 Å². The Morgan fingerprint density at radius 1 is 1.14 bits per heavy atom. The van der Waals surface area contributed by atoms with Gasteiger partial charge in [0.15, 0.2) is 0 Å². The van der Waals surface area contributed by atoms with Crippen molar-refractivity contribution in [1.29, 1.82) is 0 Å². The summed E-state index contributed by atoms with van der Waals surface area (Å²) in [5.74, 6) is 0.403. The molecule has 2 rings (SSSR count). The molecule has 1 aliphatic heterocycles. The van der Waals surface area contributed by atoms with Crippen molar-refractivity contribution in [3.05, 3.63) is 29.8 Å². The molecule has 0 aliphatic carbocycles. The summed E-state index contributed by atoms with van der Waals surface area (Å²) in [6.45, 7) is 7.49. The lowest BCUT2D eigenvalue weighted by Crippen LogP contribution is -2.47. The molecule has 0 saturated carbocycles. The first-order valence-electron chi connectivity index (χ1n) is 10.5. The Bertz CT molecular complexity index is 729. The molecule has 1 heterocycles. The molecular weight excluding hydrogens is 390 g/mol. The number of hydrogen-bond acceptors (Lipinski definition) is 5. The normalized spacial score (nSPS) is 17.1. The van der Waals surface area contributed by atoms with E-state index in [-0.39, 0.29) is 4.90 Å². The molecule has 164 valence electrons. The van der Waals surface area contributed by atoms with Gasteiger partial charge in [-0.3, -0.25) is 0 Å². The van der Waals surface area contributed by atoms with Crippen molar-refractivity contribution in [3.63, 3.8) is 0 Å². The Hall–Kier alpha value is -1.64. The zero-order chi connectivity index (χ0) is 21.3.